The van der Waals surface area contributed by atoms with Crippen LogP contribution in [0.25, 0.3) is 0 Å². The molecule has 2 heteroatoms. The van der Waals surface area contributed by atoms with Gasteiger partial charge in [-0.2, -0.15) is 0 Å². The maximum atomic E-state index is 5.79. The van der Waals surface area contributed by atoms with Crippen LogP contribution in [0.3, 0.4) is 0 Å². The summed E-state index contributed by atoms with van der Waals surface area (Å²) in [7, 11) is 0. The monoisotopic (exact) mass is 246 g/mol. The lowest BCUT2D eigenvalue weighted by Gasteiger charge is -2.23. The summed E-state index contributed by atoms with van der Waals surface area (Å²) in [5, 5.41) is 0. The molecule has 0 spiro atoms. The van der Waals surface area contributed by atoms with Crippen molar-refractivity contribution in [3.05, 3.63) is 35.4 Å². The summed E-state index contributed by atoms with van der Waals surface area (Å²) < 4.78 is 0. The third-order valence-electron chi connectivity index (χ3n) is 4.00. The Morgan fingerprint density at radius 2 is 2.00 bits per heavy atom. The van der Waals surface area contributed by atoms with Crippen LogP contribution in [0.5, 0.6) is 0 Å². The van der Waals surface area contributed by atoms with Gasteiger partial charge in [0.05, 0.1) is 0 Å². The molecule has 1 aromatic rings. The van der Waals surface area contributed by atoms with Gasteiger partial charge < -0.3 is 0 Å². The predicted molar refractivity (Wildman–Crippen MR) is 77.0 cm³/mol. The van der Waals surface area contributed by atoms with Crippen LogP contribution in [0.4, 0.5) is 0 Å². The second-order valence-corrected chi connectivity index (χ2v) is 6.03. The first-order valence-electron chi connectivity index (χ1n) is 7.25. The predicted octanol–water partition coefficient (Wildman–Crippen LogP) is 3.58. The Morgan fingerprint density at radius 3 is 2.61 bits per heavy atom. The van der Waals surface area contributed by atoms with Crippen LogP contribution in [0.15, 0.2) is 24.3 Å². The molecule has 1 fully saturated rings. The molecule has 2 rings (SSSR count). The number of rotatable bonds is 5. The molecule has 0 radical (unpaired) electrons. The lowest BCUT2D eigenvalue weighted by atomic mass is 9.90. The van der Waals surface area contributed by atoms with Crippen molar-refractivity contribution in [2.75, 3.05) is 0 Å². The van der Waals surface area contributed by atoms with E-state index >= 15 is 0 Å². The van der Waals surface area contributed by atoms with E-state index in [1.165, 1.54) is 36.8 Å². The van der Waals surface area contributed by atoms with E-state index in [4.69, 9.17) is 5.84 Å². The van der Waals surface area contributed by atoms with Crippen molar-refractivity contribution in [2.45, 2.75) is 52.0 Å². The van der Waals surface area contributed by atoms with E-state index in [0.29, 0.717) is 17.9 Å². The summed E-state index contributed by atoms with van der Waals surface area (Å²) in [5.41, 5.74) is 5.84. The molecule has 1 aliphatic rings. The van der Waals surface area contributed by atoms with E-state index < -0.39 is 0 Å². The Bertz CT molecular complexity index is 367. The molecule has 1 saturated carbocycles. The first-order chi connectivity index (χ1) is 8.70. The number of benzene rings is 1. The van der Waals surface area contributed by atoms with Crippen molar-refractivity contribution in [2.24, 2.45) is 17.7 Å². The van der Waals surface area contributed by atoms with Gasteiger partial charge in [0.25, 0.3) is 0 Å². The van der Waals surface area contributed by atoms with E-state index in [0.717, 1.165) is 6.42 Å². The lowest BCUT2D eigenvalue weighted by Crippen LogP contribution is -2.32. The van der Waals surface area contributed by atoms with Gasteiger partial charge in [-0.15, -0.1) is 0 Å². The normalized spacial score (nSPS) is 18.4. The van der Waals surface area contributed by atoms with Crippen molar-refractivity contribution >= 4 is 0 Å². The van der Waals surface area contributed by atoms with E-state index in [2.05, 4.69) is 43.5 Å². The van der Waals surface area contributed by atoms with Gasteiger partial charge in [0.1, 0.15) is 0 Å². The van der Waals surface area contributed by atoms with Crippen molar-refractivity contribution in [3.63, 3.8) is 0 Å². The number of hydrogen-bond donors (Lipinski definition) is 2. The zero-order valence-electron chi connectivity index (χ0n) is 11.7. The van der Waals surface area contributed by atoms with Crippen LogP contribution in [-0.2, 0) is 6.42 Å². The first-order valence-corrected chi connectivity index (χ1v) is 7.25. The van der Waals surface area contributed by atoms with Gasteiger partial charge in [0.15, 0.2) is 0 Å². The molecule has 0 bridgehead atoms. The minimum atomic E-state index is 0.333. The molecule has 18 heavy (non-hydrogen) atoms. The van der Waals surface area contributed by atoms with Crippen LogP contribution in [0.2, 0.25) is 0 Å². The highest BCUT2D eigenvalue weighted by Gasteiger charge is 2.25. The highest BCUT2D eigenvalue weighted by Crippen LogP contribution is 2.35. The fraction of sp³-hybridized carbons (Fsp3) is 0.625. The largest absolute Gasteiger partial charge is 0.271 e. The Kier molecular flexibility index (Phi) is 4.79. The quantitative estimate of drug-likeness (QED) is 0.615. The third-order valence-corrected chi connectivity index (χ3v) is 4.00. The first kappa shape index (κ1) is 13.6. The molecule has 0 aliphatic heterocycles. The molecule has 100 valence electrons. The molecular weight excluding hydrogens is 220 g/mol. The summed E-state index contributed by atoms with van der Waals surface area (Å²) in [4.78, 5) is 0. The fourth-order valence-electron chi connectivity index (χ4n) is 3.18. The Balaban J connectivity index is 2.14. The molecule has 1 atom stereocenters. The van der Waals surface area contributed by atoms with Crippen LogP contribution in [-0.4, -0.2) is 0 Å². The van der Waals surface area contributed by atoms with Gasteiger partial charge in [0, 0.05) is 6.04 Å². The van der Waals surface area contributed by atoms with Crippen LogP contribution in [0.1, 0.15) is 56.7 Å². The highest BCUT2D eigenvalue weighted by atomic mass is 15.2. The van der Waals surface area contributed by atoms with Crippen LogP contribution >= 0.6 is 0 Å². The number of nitrogens with two attached hydrogens (primary N) is 1. The van der Waals surface area contributed by atoms with E-state index in [1.54, 1.807) is 0 Å². The topological polar surface area (TPSA) is 38.0 Å². The number of hydrogen-bond acceptors (Lipinski definition) is 2. The average Bonchev–Trinajstić information content (AvgIpc) is 2.83. The molecule has 1 aromatic carbocycles. The molecule has 0 heterocycles. The maximum Gasteiger partial charge on any atom is 0.0488 e. The van der Waals surface area contributed by atoms with Crippen molar-refractivity contribution in [3.8, 4) is 0 Å². The zero-order chi connectivity index (χ0) is 13.0. The van der Waals surface area contributed by atoms with Gasteiger partial charge in [-0.05, 0) is 42.2 Å². The van der Waals surface area contributed by atoms with Gasteiger partial charge in [0.2, 0.25) is 0 Å². The lowest BCUT2D eigenvalue weighted by molar-refractivity contribution is 0.373. The minimum absolute atomic E-state index is 0.333. The molecule has 3 N–H and O–H groups in total. The summed E-state index contributed by atoms with van der Waals surface area (Å²) in [6.07, 6.45) is 6.48. The minimum Gasteiger partial charge on any atom is -0.271 e. The van der Waals surface area contributed by atoms with Crippen molar-refractivity contribution < 1.29 is 0 Å². The summed E-state index contributed by atoms with van der Waals surface area (Å²) >= 11 is 0. The smallest absolute Gasteiger partial charge is 0.0488 e. The van der Waals surface area contributed by atoms with Crippen LogP contribution in [0, 0.1) is 11.8 Å². The summed E-state index contributed by atoms with van der Waals surface area (Å²) in [6.45, 7) is 4.53. The molecule has 1 aliphatic carbocycles. The molecule has 0 saturated heterocycles. The van der Waals surface area contributed by atoms with E-state index in [1.807, 2.05) is 0 Å². The zero-order valence-corrected chi connectivity index (χ0v) is 11.7. The summed E-state index contributed by atoms with van der Waals surface area (Å²) in [5.74, 6) is 7.20. The molecular formula is C16H26N2. The van der Waals surface area contributed by atoms with Gasteiger partial charge >= 0.3 is 0 Å². The summed E-state index contributed by atoms with van der Waals surface area (Å²) in [6, 6.07) is 9.28. The highest BCUT2D eigenvalue weighted by molar-refractivity contribution is 5.27. The second-order valence-electron chi connectivity index (χ2n) is 6.03. The van der Waals surface area contributed by atoms with Gasteiger partial charge in [-0.25, -0.2) is 0 Å². The number of hydrazine groups is 1. The third kappa shape index (κ3) is 3.33. The van der Waals surface area contributed by atoms with Crippen molar-refractivity contribution in [1.29, 1.82) is 0 Å². The second kappa shape index (κ2) is 6.35. The van der Waals surface area contributed by atoms with E-state index in [9.17, 15) is 0 Å². The Morgan fingerprint density at radius 1 is 1.28 bits per heavy atom. The molecule has 0 aromatic heterocycles. The molecule has 0 amide bonds. The Hall–Kier alpha value is -0.860. The molecule has 2 nitrogen and oxygen atoms in total. The Labute approximate surface area is 111 Å². The fourth-order valence-corrected chi connectivity index (χ4v) is 3.18. The SMILES string of the molecule is CC(C)Cc1cccc(C(NN)C2CCCC2)c1. The molecule has 1 unspecified atom stereocenters. The maximum absolute atomic E-state index is 5.79. The van der Waals surface area contributed by atoms with Crippen molar-refractivity contribution in [1.82, 2.24) is 5.43 Å². The number of nitrogens with one attached hydrogen (secondary N) is 1. The average molecular weight is 246 g/mol. The van der Waals surface area contributed by atoms with Gasteiger partial charge in [-0.3, -0.25) is 11.3 Å². The van der Waals surface area contributed by atoms with Gasteiger partial charge in [-0.1, -0.05) is 51.0 Å². The van der Waals surface area contributed by atoms with E-state index in [-0.39, 0.29) is 0 Å². The standard InChI is InChI=1S/C16H26N2/c1-12(2)10-13-6-5-9-15(11-13)16(18-17)14-7-3-4-8-14/h5-6,9,11-12,14,16,18H,3-4,7-8,10,17H2,1-2H3. The van der Waals surface area contributed by atoms with Crippen LogP contribution < -0.4 is 11.3 Å².